The molecule has 0 atom stereocenters. The molecule has 8 nitrogen and oxygen atoms in total. The third-order valence-corrected chi connectivity index (χ3v) is 8.95. The average Bonchev–Trinajstić information content (AvgIpc) is 3.55. The van der Waals surface area contributed by atoms with Gasteiger partial charge in [0.25, 0.3) is 11.8 Å². The zero-order valence-electron chi connectivity index (χ0n) is 17.5. The fraction of sp³-hybridized carbons (Fsp3) is 0.600. The van der Waals surface area contributed by atoms with Crippen molar-refractivity contribution < 1.29 is 19.2 Å². The average molecular weight is 513 g/mol. The second kappa shape index (κ2) is 10.2. The summed E-state index contributed by atoms with van der Waals surface area (Å²) in [5.74, 6) is -0.679. The summed E-state index contributed by atoms with van der Waals surface area (Å²) in [7, 11) is 0. The van der Waals surface area contributed by atoms with Crippen molar-refractivity contribution in [1.82, 2.24) is 19.6 Å². The highest BCUT2D eigenvalue weighted by atomic mass is 32.2. The van der Waals surface area contributed by atoms with Crippen molar-refractivity contribution >= 4 is 80.2 Å². The van der Waals surface area contributed by atoms with Gasteiger partial charge >= 0.3 is 0 Å². The molecule has 4 fully saturated rings. The molecule has 32 heavy (non-hydrogen) atoms. The smallest absolute Gasteiger partial charge is 0.267 e. The lowest BCUT2D eigenvalue weighted by molar-refractivity contribution is -0.132. The summed E-state index contributed by atoms with van der Waals surface area (Å²) in [6.45, 7) is 3.46. The highest BCUT2D eigenvalue weighted by Crippen LogP contribution is 2.42. The first kappa shape index (κ1) is 23.7. The van der Waals surface area contributed by atoms with E-state index in [0.29, 0.717) is 8.64 Å². The summed E-state index contributed by atoms with van der Waals surface area (Å²) in [5.41, 5.74) is 0. The first-order valence-corrected chi connectivity index (χ1v) is 13.2. The van der Waals surface area contributed by atoms with Crippen molar-refractivity contribution in [3.05, 3.63) is 9.81 Å². The van der Waals surface area contributed by atoms with Crippen LogP contribution in [0.4, 0.5) is 0 Å². The fourth-order valence-corrected chi connectivity index (χ4v) is 6.89. The highest BCUT2D eigenvalue weighted by molar-refractivity contribution is 8.29. The molecule has 0 radical (unpaired) electrons. The molecule has 4 heterocycles. The molecule has 12 heteroatoms. The number of carbonyl (C=O) groups excluding carboxylic acids is 4. The largest absolute Gasteiger partial charge is 0.343 e. The van der Waals surface area contributed by atoms with Gasteiger partial charge in [0.1, 0.15) is 8.64 Å². The second-order valence-electron chi connectivity index (χ2n) is 7.98. The lowest BCUT2D eigenvalue weighted by Crippen LogP contribution is -2.35. The van der Waals surface area contributed by atoms with Crippen molar-refractivity contribution in [3.8, 4) is 0 Å². The Balaban J connectivity index is 1.38. The maximum absolute atomic E-state index is 13.0. The number of amides is 4. The van der Waals surface area contributed by atoms with Crippen LogP contribution in [0.25, 0.3) is 0 Å². The molecule has 4 aliphatic rings. The van der Waals surface area contributed by atoms with Crippen LogP contribution in [0.1, 0.15) is 38.5 Å². The van der Waals surface area contributed by atoms with Crippen LogP contribution in [-0.2, 0) is 19.2 Å². The van der Waals surface area contributed by atoms with Crippen molar-refractivity contribution in [2.75, 3.05) is 39.3 Å². The van der Waals surface area contributed by atoms with Gasteiger partial charge in [-0.2, -0.15) is 0 Å². The molecule has 0 bridgehead atoms. The van der Waals surface area contributed by atoms with E-state index in [9.17, 15) is 19.2 Å². The van der Waals surface area contributed by atoms with Gasteiger partial charge < -0.3 is 9.80 Å². The predicted molar refractivity (Wildman–Crippen MR) is 132 cm³/mol. The van der Waals surface area contributed by atoms with Crippen molar-refractivity contribution in [2.45, 2.75) is 38.5 Å². The Kier molecular flexibility index (Phi) is 7.53. The molecule has 0 aromatic carbocycles. The van der Waals surface area contributed by atoms with E-state index in [4.69, 9.17) is 24.4 Å². The van der Waals surface area contributed by atoms with Gasteiger partial charge in [0.05, 0.1) is 9.81 Å². The Labute approximate surface area is 206 Å². The standard InChI is InChI=1S/C20H24N4O4S4/c25-13(21-7-1-2-8-21)5-11-23-17(27)15(31-19(23)29)16-18(28)24(20(30)32-16)12-6-14(26)22-9-3-4-10-22/h1-12H2/b16-15+. The number of hydrogen-bond donors (Lipinski definition) is 0. The third kappa shape index (κ3) is 4.87. The van der Waals surface area contributed by atoms with Crippen LogP contribution in [0, 0.1) is 0 Å². The van der Waals surface area contributed by atoms with E-state index in [1.54, 1.807) is 0 Å². The number of hydrogen-bond acceptors (Lipinski definition) is 8. The predicted octanol–water partition coefficient (Wildman–Crippen LogP) is 1.94. The van der Waals surface area contributed by atoms with Crippen LogP contribution in [0.3, 0.4) is 0 Å². The minimum Gasteiger partial charge on any atom is -0.343 e. The molecular weight excluding hydrogens is 489 g/mol. The number of rotatable bonds is 6. The van der Waals surface area contributed by atoms with Crippen LogP contribution in [0.5, 0.6) is 0 Å². The SMILES string of the molecule is O=C(CCN1C(=O)/C(=C2\SC(=S)N(CCC(=O)N3CCCC3)C2=O)SC1=S)N1CCCC1. The molecule has 0 unspecified atom stereocenters. The quantitative estimate of drug-likeness (QED) is 0.395. The Bertz CT molecular complexity index is 837. The third-order valence-electron chi connectivity index (χ3n) is 5.92. The van der Waals surface area contributed by atoms with Crippen LogP contribution in [0.2, 0.25) is 0 Å². The number of thioether (sulfide) groups is 2. The Morgan fingerprint density at radius 1 is 0.688 bits per heavy atom. The van der Waals surface area contributed by atoms with Gasteiger partial charge in [0, 0.05) is 52.1 Å². The highest BCUT2D eigenvalue weighted by Gasteiger charge is 2.42. The van der Waals surface area contributed by atoms with Gasteiger partial charge in [0.2, 0.25) is 11.8 Å². The first-order chi connectivity index (χ1) is 15.4. The Morgan fingerprint density at radius 2 is 1.03 bits per heavy atom. The first-order valence-electron chi connectivity index (χ1n) is 10.7. The van der Waals surface area contributed by atoms with Crippen molar-refractivity contribution in [2.24, 2.45) is 0 Å². The van der Waals surface area contributed by atoms with E-state index < -0.39 is 0 Å². The molecular formula is C20H24N4O4S4. The maximum atomic E-state index is 13.0. The van der Waals surface area contributed by atoms with Crippen LogP contribution in [-0.4, -0.2) is 91.1 Å². The monoisotopic (exact) mass is 512 g/mol. The molecule has 0 saturated carbocycles. The fourth-order valence-electron chi connectivity index (χ4n) is 4.12. The van der Waals surface area contributed by atoms with E-state index in [1.165, 1.54) is 9.80 Å². The molecule has 4 rings (SSSR count). The van der Waals surface area contributed by atoms with Gasteiger partial charge in [-0.3, -0.25) is 29.0 Å². The summed E-state index contributed by atoms with van der Waals surface area (Å²) in [5, 5.41) is 0. The van der Waals surface area contributed by atoms with Crippen LogP contribution < -0.4 is 0 Å². The van der Waals surface area contributed by atoms with Crippen LogP contribution >= 0.6 is 48.0 Å². The number of thiocarbonyl (C=S) groups is 2. The summed E-state index contributed by atoms with van der Waals surface area (Å²) in [4.78, 5) is 57.5. The number of nitrogens with zero attached hydrogens (tertiary/aromatic N) is 4. The van der Waals surface area contributed by atoms with E-state index in [0.717, 1.165) is 75.4 Å². The summed E-state index contributed by atoms with van der Waals surface area (Å²) >= 11 is 12.9. The van der Waals surface area contributed by atoms with Gasteiger partial charge in [0.15, 0.2) is 0 Å². The van der Waals surface area contributed by atoms with Gasteiger partial charge in [-0.05, 0) is 25.7 Å². The molecule has 172 valence electrons. The zero-order chi connectivity index (χ0) is 22.8. The van der Waals surface area contributed by atoms with Crippen molar-refractivity contribution in [1.29, 1.82) is 0 Å². The van der Waals surface area contributed by atoms with Gasteiger partial charge in [-0.25, -0.2) is 0 Å². The normalized spacial score (nSPS) is 24.0. The van der Waals surface area contributed by atoms with E-state index in [2.05, 4.69) is 0 Å². The summed E-state index contributed by atoms with van der Waals surface area (Å²) in [6.07, 6.45) is 4.46. The lowest BCUT2D eigenvalue weighted by atomic mass is 10.3. The Morgan fingerprint density at radius 3 is 1.38 bits per heavy atom. The zero-order valence-corrected chi connectivity index (χ0v) is 20.8. The van der Waals surface area contributed by atoms with E-state index in [-0.39, 0.29) is 59.4 Å². The molecule has 4 amide bonds. The van der Waals surface area contributed by atoms with Gasteiger partial charge in [-0.1, -0.05) is 48.0 Å². The van der Waals surface area contributed by atoms with Gasteiger partial charge in [-0.15, -0.1) is 0 Å². The molecule has 0 aromatic rings. The Hall–Kier alpha value is -1.50. The molecule has 0 aromatic heterocycles. The van der Waals surface area contributed by atoms with Crippen LogP contribution in [0.15, 0.2) is 9.81 Å². The number of likely N-dealkylation sites (tertiary alicyclic amines) is 2. The molecule has 0 spiro atoms. The van der Waals surface area contributed by atoms with E-state index >= 15 is 0 Å². The molecule has 4 aliphatic heterocycles. The van der Waals surface area contributed by atoms with Crippen molar-refractivity contribution in [3.63, 3.8) is 0 Å². The van der Waals surface area contributed by atoms with E-state index in [1.807, 2.05) is 9.80 Å². The second-order valence-corrected chi connectivity index (χ2v) is 11.3. The summed E-state index contributed by atoms with van der Waals surface area (Å²) < 4.78 is 0.683. The molecule has 4 saturated heterocycles. The molecule has 0 N–H and O–H groups in total. The minimum absolute atomic E-state index is 0.0190. The molecule has 0 aliphatic carbocycles. The lowest BCUT2D eigenvalue weighted by Gasteiger charge is -2.18. The topological polar surface area (TPSA) is 81.2 Å². The number of carbonyl (C=O) groups is 4. The minimum atomic E-state index is -0.358. The maximum Gasteiger partial charge on any atom is 0.267 e. The summed E-state index contributed by atoms with van der Waals surface area (Å²) in [6, 6.07) is 0.